The van der Waals surface area contributed by atoms with E-state index < -0.39 is 22.2 Å². The van der Waals surface area contributed by atoms with Crippen LogP contribution in [0.2, 0.25) is 0 Å². The second-order valence-electron chi connectivity index (χ2n) is 3.85. The zero-order chi connectivity index (χ0) is 12.0. The molecule has 2 rings (SSSR count). The fourth-order valence-electron chi connectivity index (χ4n) is 1.87. The van der Waals surface area contributed by atoms with Gasteiger partial charge in [-0.15, -0.1) is 0 Å². The summed E-state index contributed by atoms with van der Waals surface area (Å²) in [4.78, 5) is 9.90. The molecule has 0 amide bonds. The first-order chi connectivity index (χ1) is 7.38. The Morgan fingerprint density at radius 3 is 2.25 bits per heavy atom. The number of halogens is 3. The zero-order valence-corrected chi connectivity index (χ0v) is 8.12. The highest BCUT2D eigenvalue weighted by atomic mass is 19.4. The number of para-hydroxylation sites is 1. The van der Waals surface area contributed by atoms with Crippen molar-refractivity contribution >= 4 is 5.69 Å². The van der Waals surface area contributed by atoms with Crippen LogP contribution < -0.4 is 0 Å². The predicted molar refractivity (Wildman–Crippen MR) is 50.1 cm³/mol. The van der Waals surface area contributed by atoms with Crippen molar-refractivity contribution < 1.29 is 18.1 Å². The number of hydrogen-bond donors (Lipinski definition) is 0. The fraction of sp³-hybridized carbons (Fsp3) is 0.400. The van der Waals surface area contributed by atoms with Gasteiger partial charge in [-0.1, -0.05) is 18.2 Å². The third-order valence-corrected chi connectivity index (χ3v) is 2.91. The lowest BCUT2D eigenvalue weighted by Gasteiger charge is -2.19. The van der Waals surface area contributed by atoms with E-state index in [9.17, 15) is 23.3 Å². The maximum atomic E-state index is 12.8. The normalized spacial score (nSPS) is 18.2. The summed E-state index contributed by atoms with van der Waals surface area (Å²) >= 11 is 0. The molecule has 86 valence electrons. The summed E-state index contributed by atoms with van der Waals surface area (Å²) < 4.78 is 38.4. The van der Waals surface area contributed by atoms with E-state index in [0.717, 1.165) is 6.07 Å². The summed E-state index contributed by atoms with van der Waals surface area (Å²) in [5, 5.41) is 10.7. The molecule has 1 aliphatic carbocycles. The molecule has 0 aromatic heterocycles. The summed E-state index contributed by atoms with van der Waals surface area (Å²) in [7, 11) is 0. The van der Waals surface area contributed by atoms with Crippen LogP contribution in [0.4, 0.5) is 18.9 Å². The van der Waals surface area contributed by atoms with E-state index in [0.29, 0.717) is 0 Å². The maximum absolute atomic E-state index is 12.8. The Labute approximate surface area is 89.0 Å². The molecule has 0 unspecified atom stereocenters. The summed E-state index contributed by atoms with van der Waals surface area (Å²) in [6.07, 6.45) is -4.55. The summed E-state index contributed by atoms with van der Waals surface area (Å²) in [5.74, 6) is 0. The lowest BCUT2D eigenvalue weighted by atomic mass is 9.94. The van der Waals surface area contributed by atoms with Crippen molar-refractivity contribution in [1.29, 1.82) is 0 Å². The standard InChI is InChI=1S/C10H8F3NO2/c11-10(12,13)9(5-6-9)7-3-1-2-4-8(7)14(15)16/h1-4H,5-6H2. The van der Waals surface area contributed by atoms with Crippen molar-refractivity contribution in [3.05, 3.63) is 39.9 Å². The molecule has 1 fully saturated rings. The van der Waals surface area contributed by atoms with Gasteiger partial charge in [0.2, 0.25) is 0 Å². The Balaban J connectivity index is 2.53. The van der Waals surface area contributed by atoms with Crippen molar-refractivity contribution in [1.82, 2.24) is 0 Å². The predicted octanol–water partition coefficient (Wildman–Crippen LogP) is 3.19. The number of rotatable bonds is 2. The quantitative estimate of drug-likeness (QED) is 0.579. The molecule has 16 heavy (non-hydrogen) atoms. The molecule has 1 aliphatic rings. The minimum Gasteiger partial charge on any atom is -0.258 e. The van der Waals surface area contributed by atoms with Gasteiger partial charge < -0.3 is 0 Å². The summed E-state index contributed by atoms with van der Waals surface area (Å²) in [5.41, 5.74) is -2.65. The van der Waals surface area contributed by atoms with Crippen LogP contribution >= 0.6 is 0 Å². The molecular weight excluding hydrogens is 223 g/mol. The third-order valence-electron chi connectivity index (χ3n) is 2.91. The van der Waals surface area contributed by atoms with Crippen LogP contribution in [0.5, 0.6) is 0 Å². The molecular formula is C10H8F3NO2. The van der Waals surface area contributed by atoms with Crippen LogP contribution in [0.25, 0.3) is 0 Å². The first kappa shape index (κ1) is 10.9. The molecule has 0 heterocycles. The Kier molecular flexibility index (Phi) is 2.18. The van der Waals surface area contributed by atoms with Crippen LogP contribution in [-0.4, -0.2) is 11.1 Å². The van der Waals surface area contributed by atoms with Crippen molar-refractivity contribution in [2.45, 2.75) is 24.4 Å². The lowest BCUT2D eigenvalue weighted by molar-refractivity contribution is -0.386. The molecule has 0 aliphatic heterocycles. The van der Waals surface area contributed by atoms with Crippen molar-refractivity contribution in [2.24, 2.45) is 0 Å². The van der Waals surface area contributed by atoms with Crippen LogP contribution in [0.3, 0.4) is 0 Å². The molecule has 0 atom stereocenters. The van der Waals surface area contributed by atoms with Crippen LogP contribution in [0, 0.1) is 10.1 Å². The minimum absolute atomic E-state index is 0.0681. The van der Waals surface area contributed by atoms with Crippen LogP contribution in [0.15, 0.2) is 24.3 Å². The minimum atomic E-state index is -4.42. The maximum Gasteiger partial charge on any atom is 0.398 e. The van der Waals surface area contributed by atoms with Gasteiger partial charge in [-0.05, 0) is 12.8 Å². The number of benzene rings is 1. The molecule has 0 spiro atoms. The largest absolute Gasteiger partial charge is 0.398 e. The monoisotopic (exact) mass is 231 g/mol. The molecule has 6 heteroatoms. The molecule has 3 nitrogen and oxygen atoms in total. The van der Waals surface area contributed by atoms with E-state index in [1.165, 1.54) is 18.2 Å². The second kappa shape index (κ2) is 3.20. The van der Waals surface area contributed by atoms with E-state index in [2.05, 4.69) is 0 Å². The van der Waals surface area contributed by atoms with Gasteiger partial charge in [0.05, 0.1) is 10.3 Å². The Morgan fingerprint density at radius 1 is 1.25 bits per heavy atom. The highest BCUT2D eigenvalue weighted by molar-refractivity contribution is 5.49. The summed E-state index contributed by atoms with van der Waals surface area (Å²) in [6, 6.07) is 5.07. The third kappa shape index (κ3) is 1.45. The fourth-order valence-corrected chi connectivity index (χ4v) is 1.87. The van der Waals surface area contributed by atoms with E-state index in [1.54, 1.807) is 0 Å². The number of nitrogens with zero attached hydrogens (tertiary/aromatic N) is 1. The van der Waals surface area contributed by atoms with Gasteiger partial charge in [-0.3, -0.25) is 10.1 Å². The second-order valence-corrected chi connectivity index (χ2v) is 3.85. The van der Waals surface area contributed by atoms with Crippen molar-refractivity contribution in [2.75, 3.05) is 0 Å². The number of hydrogen-bond acceptors (Lipinski definition) is 2. The van der Waals surface area contributed by atoms with Gasteiger partial charge in [-0.2, -0.15) is 13.2 Å². The van der Waals surface area contributed by atoms with Gasteiger partial charge in [-0.25, -0.2) is 0 Å². The van der Waals surface area contributed by atoms with Gasteiger partial charge in [0.15, 0.2) is 0 Å². The van der Waals surface area contributed by atoms with Gasteiger partial charge in [0.25, 0.3) is 5.69 Å². The molecule has 0 bridgehead atoms. The van der Waals surface area contributed by atoms with E-state index in [4.69, 9.17) is 0 Å². The lowest BCUT2D eigenvalue weighted by Crippen LogP contribution is -2.29. The van der Waals surface area contributed by atoms with Crippen LogP contribution in [0.1, 0.15) is 18.4 Å². The molecule has 0 saturated heterocycles. The van der Waals surface area contributed by atoms with Gasteiger partial charge >= 0.3 is 6.18 Å². The number of nitro groups is 1. The van der Waals surface area contributed by atoms with Crippen LogP contribution in [-0.2, 0) is 5.41 Å². The summed E-state index contributed by atoms with van der Waals surface area (Å²) in [6.45, 7) is 0. The average Bonchev–Trinajstić information content (AvgIpc) is 2.97. The first-order valence-corrected chi connectivity index (χ1v) is 4.69. The SMILES string of the molecule is O=[N+]([O-])c1ccccc1C1(C(F)(F)F)CC1. The highest BCUT2D eigenvalue weighted by Crippen LogP contribution is 2.60. The zero-order valence-electron chi connectivity index (χ0n) is 8.12. The topological polar surface area (TPSA) is 43.1 Å². The molecule has 1 aromatic carbocycles. The Hall–Kier alpha value is -1.59. The Bertz CT molecular complexity index is 438. The van der Waals surface area contributed by atoms with Crippen molar-refractivity contribution in [3.63, 3.8) is 0 Å². The molecule has 1 saturated carbocycles. The number of nitro benzene ring substituents is 1. The van der Waals surface area contributed by atoms with E-state index >= 15 is 0 Å². The van der Waals surface area contributed by atoms with Gasteiger partial charge in [0, 0.05) is 11.6 Å². The van der Waals surface area contributed by atoms with E-state index in [1.807, 2.05) is 0 Å². The molecule has 0 N–H and O–H groups in total. The Morgan fingerprint density at radius 2 is 1.81 bits per heavy atom. The average molecular weight is 231 g/mol. The highest BCUT2D eigenvalue weighted by Gasteiger charge is 2.66. The number of alkyl halides is 3. The van der Waals surface area contributed by atoms with E-state index in [-0.39, 0.29) is 18.4 Å². The molecule has 1 aromatic rings. The smallest absolute Gasteiger partial charge is 0.258 e. The van der Waals surface area contributed by atoms with Gasteiger partial charge in [0.1, 0.15) is 0 Å². The first-order valence-electron chi connectivity index (χ1n) is 4.69. The van der Waals surface area contributed by atoms with Crippen molar-refractivity contribution in [3.8, 4) is 0 Å². The molecule has 0 radical (unpaired) electrons.